The average Bonchev–Trinajstić information content (AvgIpc) is 2.30. The van der Waals surface area contributed by atoms with Crippen molar-refractivity contribution < 1.29 is 0 Å². The lowest BCUT2D eigenvalue weighted by molar-refractivity contribution is 0.832. The van der Waals surface area contributed by atoms with E-state index in [0.29, 0.717) is 6.54 Å². The van der Waals surface area contributed by atoms with Crippen molar-refractivity contribution in [1.29, 1.82) is 0 Å². The third-order valence-corrected chi connectivity index (χ3v) is 2.61. The van der Waals surface area contributed by atoms with Gasteiger partial charge in [-0.25, -0.2) is 4.98 Å². The van der Waals surface area contributed by atoms with Crippen molar-refractivity contribution in [3.63, 3.8) is 0 Å². The lowest BCUT2D eigenvalue weighted by Gasteiger charge is -2.21. The van der Waals surface area contributed by atoms with Crippen molar-refractivity contribution in [1.82, 2.24) is 4.98 Å². The van der Waals surface area contributed by atoms with E-state index < -0.39 is 0 Å². The number of hydrogen-bond donors (Lipinski definition) is 1. The number of nitrogens with two attached hydrogens (primary N) is 1. The third kappa shape index (κ3) is 2.93. The molecule has 0 amide bonds. The highest BCUT2D eigenvalue weighted by molar-refractivity contribution is 5.42. The lowest BCUT2D eigenvalue weighted by Crippen LogP contribution is -2.23. The Morgan fingerprint density at radius 2 is 1.87 bits per heavy atom. The molecule has 3 nitrogen and oxygen atoms in total. The van der Waals surface area contributed by atoms with Gasteiger partial charge in [0.2, 0.25) is 0 Å². The third-order valence-electron chi connectivity index (χ3n) is 2.61. The SMILES string of the molecule is CCc1cc(CN)cc(N(CC)CC)n1. The zero-order valence-electron chi connectivity index (χ0n) is 9.95. The van der Waals surface area contributed by atoms with Crippen LogP contribution in [-0.4, -0.2) is 18.1 Å². The highest BCUT2D eigenvalue weighted by Crippen LogP contribution is 2.15. The van der Waals surface area contributed by atoms with E-state index in [1.807, 2.05) is 0 Å². The first kappa shape index (κ1) is 12.0. The molecule has 0 unspecified atom stereocenters. The maximum absolute atomic E-state index is 5.68. The molecule has 1 rings (SSSR count). The highest BCUT2D eigenvalue weighted by atomic mass is 15.2. The van der Waals surface area contributed by atoms with Gasteiger partial charge in [0.15, 0.2) is 0 Å². The van der Waals surface area contributed by atoms with Crippen molar-refractivity contribution >= 4 is 5.82 Å². The van der Waals surface area contributed by atoms with Gasteiger partial charge in [-0.1, -0.05) is 6.92 Å². The number of nitrogens with zero attached hydrogens (tertiary/aromatic N) is 2. The van der Waals surface area contributed by atoms with E-state index in [1.54, 1.807) is 0 Å². The summed E-state index contributed by atoms with van der Waals surface area (Å²) in [6, 6.07) is 4.18. The molecular weight excluding hydrogens is 186 g/mol. The molecule has 0 aliphatic rings. The zero-order chi connectivity index (χ0) is 11.3. The molecule has 84 valence electrons. The summed E-state index contributed by atoms with van der Waals surface area (Å²) in [5.74, 6) is 1.06. The van der Waals surface area contributed by atoms with Gasteiger partial charge in [0, 0.05) is 25.3 Å². The van der Waals surface area contributed by atoms with E-state index in [4.69, 9.17) is 5.73 Å². The van der Waals surface area contributed by atoms with E-state index in [9.17, 15) is 0 Å². The highest BCUT2D eigenvalue weighted by Gasteiger charge is 2.06. The second-order valence-electron chi connectivity index (χ2n) is 3.55. The summed E-state index contributed by atoms with van der Waals surface area (Å²) in [5.41, 5.74) is 7.97. The molecule has 0 radical (unpaired) electrons. The van der Waals surface area contributed by atoms with Crippen molar-refractivity contribution in [3.05, 3.63) is 23.4 Å². The Morgan fingerprint density at radius 1 is 1.20 bits per heavy atom. The fourth-order valence-corrected chi connectivity index (χ4v) is 1.64. The van der Waals surface area contributed by atoms with E-state index in [2.05, 4.69) is 42.8 Å². The summed E-state index contributed by atoms with van der Waals surface area (Å²) in [6.45, 7) is 8.97. The van der Waals surface area contributed by atoms with Gasteiger partial charge in [-0.05, 0) is 38.0 Å². The van der Waals surface area contributed by atoms with Gasteiger partial charge in [-0.2, -0.15) is 0 Å². The van der Waals surface area contributed by atoms with E-state index in [1.165, 1.54) is 5.56 Å². The minimum Gasteiger partial charge on any atom is -0.357 e. The summed E-state index contributed by atoms with van der Waals surface area (Å²) in [6.07, 6.45) is 0.960. The molecule has 0 aliphatic heterocycles. The Morgan fingerprint density at radius 3 is 2.33 bits per heavy atom. The number of pyridine rings is 1. The smallest absolute Gasteiger partial charge is 0.129 e. The normalized spacial score (nSPS) is 10.4. The van der Waals surface area contributed by atoms with Crippen LogP contribution in [0.25, 0.3) is 0 Å². The minimum absolute atomic E-state index is 0.587. The van der Waals surface area contributed by atoms with E-state index in [0.717, 1.165) is 31.0 Å². The maximum atomic E-state index is 5.68. The van der Waals surface area contributed by atoms with Crippen LogP contribution in [0.15, 0.2) is 12.1 Å². The number of hydrogen-bond acceptors (Lipinski definition) is 3. The van der Waals surface area contributed by atoms with Crippen LogP contribution in [0.5, 0.6) is 0 Å². The molecule has 0 spiro atoms. The summed E-state index contributed by atoms with van der Waals surface area (Å²) < 4.78 is 0. The van der Waals surface area contributed by atoms with Crippen LogP contribution in [0.3, 0.4) is 0 Å². The summed E-state index contributed by atoms with van der Waals surface area (Å²) in [4.78, 5) is 6.86. The monoisotopic (exact) mass is 207 g/mol. The van der Waals surface area contributed by atoms with Gasteiger partial charge in [0.25, 0.3) is 0 Å². The molecule has 1 aromatic heterocycles. The molecule has 15 heavy (non-hydrogen) atoms. The zero-order valence-corrected chi connectivity index (χ0v) is 9.95. The number of aromatic nitrogens is 1. The quantitative estimate of drug-likeness (QED) is 0.802. The topological polar surface area (TPSA) is 42.1 Å². The Kier molecular flexibility index (Phi) is 4.56. The molecule has 0 atom stereocenters. The molecule has 0 saturated carbocycles. The summed E-state index contributed by atoms with van der Waals surface area (Å²) in [7, 11) is 0. The number of rotatable bonds is 5. The van der Waals surface area contributed by atoms with Crippen LogP contribution in [0.1, 0.15) is 32.0 Å². The van der Waals surface area contributed by atoms with Crippen molar-refractivity contribution in [2.45, 2.75) is 33.7 Å². The largest absolute Gasteiger partial charge is 0.357 e. The number of aryl methyl sites for hydroxylation is 1. The standard InChI is InChI=1S/C12H21N3/c1-4-11-7-10(9-13)8-12(14-11)15(5-2)6-3/h7-8H,4-6,9,13H2,1-3H3. The second-order valence-corrected chi connectivity index (χ2v) is 3.55. The summed E-state index contributed by atoms with van der Waals surface area (Å²) in [5, 5.41) is 0. The molecule has 0 saturated heterocycles. The molecule has 0 fully saturated rings. The Hall–Kier alpha value is -1.09. The summed E-state index contributed by atoms with van der Waals surface area (Å²) >= 11 is 0. The molecule has 1 aromatic rings. The van der Waals surface area contributed by atoms with E-state index in [-0.39, 0.29) is 0 Å². The van der Waals surface area contributed by atoms with Crippen molar-refractivity contribution in [2.24, 2.45) is 5.73 Å². The fraction of sp³-hybridized carbons (Fsp3) is 0.583. The molecule has 3 heteroatoms. The minimum atomic E-state index is 0.587. The molecule has 0 aliphatic carbocycles. The molecule has 2 N–H and O–H groups in total. The Bertz CT molecular complexity index is 283. The van der Waals surface area contributed by atoms with Crippen LogP contribution in [0.2, 0.25) is 0 Å². The predicted octanol–water partition coefficient (Wildman–Crippen LogP) is 1.95. The molecule has 1 heterocycles. The lowest BCUT2D eigenvalue weighted by atomic mass is 10.2. The van der Waals surface area contributed by atoms with Crippen molar-refractivity contribution in [2.75, 3.05) is 18.0 Å². The first-order chi connectivity index (χ1) is 7.24. The molecular formula is C12H21N3. The van der Waals surface area contributed by atoms with Crippen LogP contribution < -0.4 is 10.6 Å². The van der Waals surface area contributed by atoms with E-state index >= 15 is 0 Å². The van der Waals surface area contributed by atoms with Gasteiger partial charge < -0.3 is 10.6 Å². The Labute approximate surface area is 92.3 Å². The Balaban J connectivity index is 3.05. The molecule has 0 bridgehead atoms. The van der Waals surface area contributed by atoms with Crippen LogP contribution in [0, 0.1) is 0 Å². The number of anilines is 1. The second kappa shape index (κ2) is 5.71. The first-order valence-corrected chi connectivity index (χ1v) is 5.69. The van der Waals surface area contributed by atoms with Gasteiger partial charge in [0.05, 0.1) is 0 Å². The van der Waals surface area contributed by atoms with Crippen molar-refractivity contribution in [3.8, 4) is 0 Å². The van der Waals surface area contributed by atoms with Crippen LogP contribution >= 0.6 is 0 Å². The maximum Gasteiger partial charge on any atom is 0.129 e. The average molecular weight is 207 g/mol. The fourth-order valence-electron chi connectivity index (χ4n) is 1.64. The van der Waals surface area contributed by atoms with Crippen LogP contribution in [-0.2, 0) is 13.0 Å². The predicted molar refractivity (Wildman–Crippen MR) is 65.1 cm³/mol. The van der Waals surface area contributed by atoms with Gasteiger partial charge in [-0.3, -0.25) is 0 Å². The van der Waals surface area contributed by atoms with Gasteiger partial charge in [0.1, 0.15) is 5.82 Å². The first-order valence-electron chi connectivity index (χ1n) is 5.69. The molecule has 0 aromatic carbocycles. The van der Waals surface area contributed by atoms with Gasteiger partial charge >= 0.3 is 0 Å². The van der Waals surface area contributed by atoms with Gasteiger partial charge in [-0.15, -0.1) is 0 Å². The van der Waals surface area contributed by atoms with Crippen LogP contribution in [0.4, 0.5) is 5.82 Å².